The Balaban J connectivity index is 1.72. The molecule has 0 aromatic heterocycles. The van der Waals surface area contributed by atoms with Crippen molar-refractivity contribution >= 4 is 17.7 Å². The molecule has 18 heavy (non-hydrogen) atoms. The Morgan fingerprint density at radius 1 is 1.44 bits per heavy atom. The largest absolute Gasteiger partial charge is 0.391 e. The van der Waals surface area contributed by atoms with Gasteiger partial charge in [-0.05, 0) is 18.9 Å². The molecule has 0 radical (unpaired) electrons. The zero-order valence-electron chi connectivity index (χ0n) is 10.6. The van der Waals surface area contributed by atoms with Crippen LogP contribution in [0.5, 0.6) is 0 Å². The summed E-state index contributed by atoms with van der Waals surface area (Å²) in [6.45, 7) is 3.27. The maximum atomic E-state index is 11.8. The van der Waals surface area contributed by atoms with Crippen LogP contribution in [0.3, 0.4) is 0 Å². The Morgan fingerprint density at radius 2 is 2.17 bits per heavy atom. The zero-order valence-corrected chi connectivity index (χ0v) is 11.4. The third-order valence-electron chi connectivity index (χ3n) is 3.13. The second kappa shape index (κ2) is 6.25. The number of amides is 1. The van der Waals surface area contributed by atoms with Gasteiger partial charge >= 0.3 is 0 Å². The van der Waals surface area contributed by atoms with Crippen molar-refractivity contribution in [3.8, 4) is 0 Å². The molecule has 0 unspecified atom stereocenters. The van der Waals surface area contributed by atoms with E-state index in [9.17, 15) is 9.90 Å². The Hall–Kier alpha value is -1.00. The van der Waals surface area contributed by atoms with E-state index in [0.717, 1.165) is 5.75 Å². The number of rotatable bonds is 4. The molecule has 4 heteroatoms. The van der Waals surface area contributed by atoms with E-state index in [1.807, 2.05) is 0 Å². The Kier molecular flexibility index (Phi) is 4.66. The van der Waals surface area contributed by atoms with Crippen LogP contribution in [0.1, 0.15) is 17.5 Å². The van der Waals surface area contributed by atoms with Crippen molar-refractivity contribution in [3.05, 3.63) is 35.4 Å². The number of benzene rings is 1. The highest BCUT2D eigenvalue weighted by molar-refractivity contribution is 7.99. The van der Waals surface area contributed by atoms with Gasteiger partial charge in [-0.15, -0.1) is 11.8 Å². The van der Waals surface area contributed by atoms with E-state index in [2.05, 4.69) is 31.2 Å². The van der Waals surface area contributed by atoms with Crippen LogP contribution in [0.2, 0.25) is 0 Å². The molecule has 1 fully saturated rings. The topological polar surface area (TPSA) is 40.5 Å². The Labute approximate surface area is 112 Å². The van der Waals surface area contributed by atoms with E-state index < -0.39 is 0 Å². The molecule has 98 valence electrons. The normalized spacial score (nSPS) is 19.2. The fourth-order valence-corrected chi connectivity index (χ4v) is 2.89. The number of hydrogen-bond acceptors (Lipinski definition) is 3. The van der Waals surface area contributed by atoms with Gasteiger partial charge in [-0.25, -0.2) is 0 Å². The van der Waals surface area contributed by atoms with E-state index in [0.29, 0.717) is 25.3 Å². The summed E-state index contributed by atoms with van der Waals surface area (Å²) in [6, 6.07) is 8.39. The third-order valence-corrected chi connectivity index (χ3v) is 4.12. The minimum absolute atomic E-state index is 0.142. The summed E-state index contributed by atoms with van der Waals surface area (Å²) in [5.41, 5.74) is 2.51. The van der Waals surface area contributed by atoms with Crippen molar-refractivity contribution in [1.29, 1.82) is 0 Å². The summed E-state index contributed by atoms with van der Waals surface area (Å²) in [6.07, 6.45) is 0.394. The molecule has 1 atom stereocenters. The number of carbonyl (C=O) groups excluding carboxylic acids is 1. The lowest BCUT2D eigenvalue weighted by atomic mass is 10.2. The first-order valence-corrected chi connectivity index (χ1v) is 7.40. The first-order valence-electron chi connectivity index (χ1n) is 6.24. The predicted octanol–water partition coefficient (Wildman–Crippen LogP) is 1.82. The summed E-state index contributed by atoms with van der Waals surface area (Å²) < 4.78 is 0. The van der Waals surface area contributed by atoms with Crippen LogP contribution in [-0.4, -0.2) is 40.9 Å². The summed E-state index contributed by atoms with van der Waals surface area (Å²) in [4.78, 5) is 13.6. The van der Waals surface area contributed by atoms with Gasteiger partial charge in [0.2, 0.25) is 5.91 Å². The van der Waals surface area contributed by atoms with Crippen LogP contribution in [0, 0.1) is 6.92 Å². The average molecular weight is 265 g/mol. The van der Waals surface area contributed by atoms with Crippen molar-refractivity contribution < 1.29 is 9.90 Å². The highest BCUT2D eigenvalue weighted by Gasteiger charge is 2.23. The standard InChI is InChI=1S/C14H19NO2S/c1-11-2-4-12(5-3-11)9-18-10-14(17)15-7-6-13(16)8-15/h2-5,13,16H,6-10H2,1H3/t13-/m0/s1. The maximum Gasteiger partial charge on any atom is 0.232 e. The number of nitrogens with zero attached hydrogens (tertiary/aromatic N) is 1. The van der Waals surface area contributed by atoms with Gasteiger partial charge in [-0.3, -0.25) is 4.79 Å². The number of aryl methyl sites for hydroxylation is 1. The third kappa shape index (κ3) is 3.75. The molecular formula is C14H19NO2S. The lowest BCUT2D eigenvalue weighted by Crippen LogP contribution is -2.30. The molecule has 1 aliphatic rings. The smallest absolute Gasteiger partial charge is 0.232 e. The molecule has 1 heterocycles. The van der Waals surface area contributed by atoms with Gasteiger partial charge in [0.1, 0.15) is 0 Å². The minimum atomic E-state index is -0.323. The number of aliphatic hydroxyl groups excluding tert-OH is 1. The van der Waals surface area contributed by atoms with Crippen molar-refractivity contribution in [2.45, 2.75) is 25.2 Å². The molecule has 1 aromatic carbocycles. The van der Waals surface area contributed by atoms with Gasteiger partial charge in [0.25, 0.3) is 0 Å². The second-order valence-corrected chi connectivity index (χ2v) is 5.75. The van der Waals surface area contributed by atoms with Crippen LogP contribution in [0.15, 0.2) is 24.3 Å². The lowest BCUT2D eigenvalue weighted by Gasteiger charge is -2.15. The van der Waals surface area contributed by atoms with Crippen LogP contribution >= 0.6 is 11.8 Å². The molecule has 0 saturated carbocycles. The molecular weight excluding hydrogens is 246 g/mol. The van der Waals surface area contributed by atoms with E-state index in [1.165, 1.54) is 11.1 Å². The molecule has 1 saturated heterocycles. The first kappa shape index (κ1) is 13.4. The van der Waals surface area contributed by atoms with Gasteiger partial charge in [0.15, 0.2) is 0 Å². The van der Waals surface area contributed by atoms with E-state index in [4.69, 9.17) is 0 Å². The van der Waals surface area contributed by atoms with Gasteiger partial charge in [0.05, 0.1) is 11.9 Å². The fraction of sp³-hybridized carbons (Fsp3) is 0.500. The molecule has 0 spiro atoms. The SMILES string of the molecule is Cc1ccc(CSCC(=O)N2CC[C@H](O)C2)cc1. The predicted molar refractivity (Wildman–Crippen MR) is 74.5 cm³/mol. The summed E-state index contributed by atoms with van der Waals surface area (Å²) >= 11 is 1.64. The van der Waals surface area contributed by atoms with E-state index in [1.54, 1.807) is 16.7 Å². The van der Waals surface area contributed by atoms with Crippen LogP contribution in [-0.2, 0) is 10.5 Å². The van der Waals surface area contributed by atoms with Gasteiger partial charge in [-0.2, -0.15) is 0 Å². The molecule has 2 rings (SSSR count). The second-order valence-electron chi connectivity index (χ2n) is 4.76. The number of likely N-dealkylation sites (tertiary alicyclic amines) is 1. The van der Waals surface area contributed by atoms with Crippen LogP contribution < -0.4 is 0 Å². The number of thioether (sulfide) groups is 1. The van der Waals surface area contributed by atoms with Gasteiger partial charge < -0.3 is 10.0 Å². The Morgan fingerprint density at radius 3 is 2.78 bits per heavy atom. The van der Waals surface area contributed by atoms with Crippen molar-refractivity contribution in [3.63, 3.8) is 0 Å². The van der Waals surface area contributed by atoms with Crippen molar-refractivity contribution in [1.82, 2.24) is 4.90 Å². The first-order chi connectivity index (χ1) is 8.65. The number of hydrogen-bond donors (Lipinski definition) is 1. The fourth-order valence-electron chi connectivity index (χ4n) is 2.00. The van der Waals surface area contributed by atoms with Gasteiger partial charge in [0, 0.05) is 18.8 Å². The van der Waals surface area contributed by atoms with Gasteiger partial charge in [-0.1, -0.05) is 29.8 Å². The van der Waals surface area contributed by atoms with E-state index >= 15 is 0 Å². The zero-order chi connectivity index (χ0) is 13.0. The summed E-state index contributed by atoms with van der Waals surface area (Å²) in [7, 11) is 0. The van der Waals surface area contributed by atoms with E-state index in [-0.39, 0.29) is 12.0 Å². The highest BCUT2D eigenvalue weighted by atomic mass is 32.2. The van der Waals surface area contributed by atoms with Crippen molar-refractivity contribution in [2.24, 2.45) is 0 Å². The molecule has 0 aliphatic carbocycles. The summed E-state index contributed by atoms with van der Waals surface area (Å²) in [5.74, 6) is 1.51. The number of carbonyl (C=O) groups is 1. The maximum absolute atomic E-state index is 11.8. The molecule has 1 aromatic rings. The lowest BCUT2D eigenvalue weighted by molar-refractivity contribution is -0.127. The highest BCUT2D eigenvalue weighted by Crippen LogP contribution is 2.15. The van der Waals surface area contributed by atoms with Crippen LogP contribution in [0.4, 0.5) is 0 Å². The van der Waals surface area contributed by atoms with Crippen LogP contribution in [0.25, 0.3) is 0 Å². The number of β-amino-alcohol motifs (C(OH)–C–C–N with tert-alkyl or cyclic N) is 1. The minimum Gasteiger partial charge on any atom is -0.391 e. The molecule has 1 amide bonds. The summed E-state index contributed by atoms with van der Waals surface area (Å²) in [5, 5.41) is 9.38. The quantitative estimate of drug-likeness (QED) is 0.903. The molecule has 1 N–H and O–H groups in total. The Bertz CT molecular complexity index is 405. The number of aliphatic hydroxyl groups is 1. The monoisotopic (exact) mass is 265 g/mol. The molecule has 1 aliphatic heterocycles. The molecule has 3 nitrogen and oxygen atoms in total. The molecule has 0 bridgehead atoms. The average Bonchev–Trinajstić information content (AvgIpc) is 2.78. The van der Waals surface area contributed by atoms with Crippen molar-refractivity contribution in [2.75, 3.05) is 18.8 Å².